The normalized spacial score (nSPS) is 20.1. The SMILES string of the molecule is [2H]c1c(C)c(C([2H])([2H])C(=O)c2sccc2S(=O)(=O)Nc2onc(C([2H])([2H])[2H])c2Cl)c([2H])c2c1OC([2H])([2H])O2. The Morgan fingerprint density at radius 1 is 1.48 bits per heavy atom. The van der Waals surface area contributed by atoms with E-state index in [0.717, 1.165) is 6.07 Å². The Morgan fingerprint density at radius 3 is 2.97 bits per heavy atom. The number of carbonyl (C=O) groups excluding carboxylic acids is 1. The minimum Gasteiger partial charge on any atom is -0.454 e. The van der Waals surface area contributed by atoms with E-state index in [1.807, 2.05) is 4.72 Å². The summed E-state index contributed by atoms with van der Waals surface area (Å²) in [7, 11) is -4.70. The molecule has 3 heterocycles. The summed E-state index contributed by atoms with van der Waals surface area (Å²) in [6, 6.07) is -0.281. The number of benzene rings is 1. The average molecular weight is 464 g/mol. The molecule has 1 aliphatic heterocycles. The molecular weight excluding hydrogens is 440 g/mol. The van der Waals surface area contributed by atoms with Crippen molar-refractivity contribution in [3.8, 4) is 11.5 Å². The minimum atomic E-state index is -4.70. The number of anilines is 1. The Labute approximate surface area is 188 Å². The van der Waals surface area contributed by atoms with Crippen molar-refractivity contribution in [1.82, 2.24) is 5.16 Å². The van der Waals surface area contributed by atoms with Gasteiger partial charge in [-0.1, -0.05) is 16.8 Å². The third-order valence-corrected chi connectivity index (χ3v) is 6.40. The number of ether oxygens (including phenoxy) is 2. The van der Waals surface area contributed by atoms with Gasteiger partial charge in [0.15, 0.2) is 17.3 Å². The second kappa shape index (κ2) is 7.36. The van der Waals surface area contributed by atoms with Gasteiger partial charge in [-0.15, -0.1) is 11.3 Å². The van der Waals surface area contributed by atoms with Gasteiger partial charge in [0.25, 0.3) is 15.9 Å². The fourth-order valence-electron chi connectivity index (χ4n) is 2.29. The molecular formula is C18H15ClN2O6S2. The van der Waals surface area contributed by atoms with Crippen LogP contribution in [0, 0.1) is 13.8 Å². The average Bonchev–Trinajstić information content (AvgIpc) is 3.48. The van der Waals surface area contributed by atoms with Gasteiger partial charge in [-0.05, 0) is 48.4 Å². The van der Waals surface area contributed by atoms with E-state index >= 15 is 0 Å². The van der Waals surface area contributed by atoms with Gasteiger partial charge in [-0.3, -0.25) is 4.79 Å². The molecule has 0 radical (unpaired) electrons. The lowest BCUT2D eigenvalue weighted by atomic mass is 10.0. The number of sulfonamides is 1. The number of fused-ring (bicyclic) bond motifs is 1. The second-order valence-corrected chi connectivity index (χ2v) is 8.49. The smallest absolute Gasteiger partial charge is 0.265 e. The van der Waals surface area contributed by atoms with Crippen LogP contribution in [0.3, 0.4) is 0 Å². The van der Waals surface area contributed by atoms with Crippen LogP contribution in [-0.4, -0.2) is 26.1 Å². The summed E-state index contributed by atoms with van der Waals surface area (Å²) in [5, 5.41) is 3.80. The highest BCUT2D eigenvalue weighted by atomic mass is 35.5. The summed E-state index contributed by atoms with van der Waals surface area (Å²) in [5.74, 6) is -3.15. The number of hydrogen-bond acceptors (Lipinski definition) is 8. The topological polar surface area (TPSA) is 108 Å². The molecule has 2 aromatic heterocycles. The fourth-order valence-corrected chi connectivity index (χ4v) is 4.78. The predicted octanol–water partition coefficient (Wildman–Crippen LogP) is 3.96. The number of aromatic nitrogens is 1. The number of aryl methyl sites for hydroxylation is 1. The van der Waals surface area contributed by atoms with Crippen molar-refractivity contribution >= 4 is 44.6 Å². The Kier molecular flexibility index (Phi) is 2.94. The van der Waals surface area contributed by atoms with E-state index in [0.29, 0.717) is 11.3 Å². The first kappa shape index (κ1) is 11.6. The molecule has 0 aliphatic carbocycles. The largest absolute Gasteiger partial charge is 0.454 e. The van der Waals surface area contributed by atoms with Crippen LogP contribution in [-0.2, 0) is 16.4 Å². The number of hydrogen-bond donors (Lipinski definition) is 1. The van der Waals surface area contributed by atoms with Crippen molar-refractivity contribution < 1.29 is 39.5 Å². The zero-order chi connectivity index (χ0) is 28.6. The van der Waals surface area contributed by atoms with E-state index < -0.39 is 91.3 Å². The van der Waals surface area contributed by atoms with Crippen LogP contribution in [0.15, 0.2) is 32.9 Å². The lowest BCUT2D eigenvalue weighted by Gasteiger charge is -2.09. The molecule has 29 heavy (non-hydrogen) atoms. The molecule has 0 unspecified atom stereocenters. The summed E-state index contributed by atoms with van der Waals surface area (Å²) in [6.07, 6.45) is -3.09. The van der Waals surface area contributed by atoms with E-state index in [4.69, 9.17) is 37.9 Å². The Hall–Kier alpha value is -2.56. The number of halogens is 1. The molecule has 1 aliphatic rings. The maximum atomic E-state index is 13.4. The Bertz CT molecular complexity index is 1580. The van der Waals surface area contributed by atoms with Gasteiger partial charge in [0.1, 0.15) is 18.4 Å². The zero-order valence-corrected chi connectivity index (χ0v) is 16.6. The molecule has 11 heteroatoms. The van der Waals surface area contributed by atoms with Gasteiger partial charge in [0, 0.05) is 13.2 Å². The highest BCUT2D eigenvalue weighted by Gasteiger charge is 2.27. The molecule has 8 nitrogen and oxygen atoms in total. The quantitative estimate of drug-likeness (QED) is 0.551. The number of nitrogens with one attached hydrogen (secondary N) is 1. The summed E-state index contributed by atoms with van der Waals surface area (Å²) < 4.78 is 113. The predicted molar refractivity (Wildman–Crippen MR) is 107 cm³/mol. The molecule has 1 aromatic carbocycles. The third kappa shape index (κ3) is 3.70. The minimum absolute atomic E-state index is 0.224. The number of rotatable bonds is 6. The van der Waals surface area contributed by atoms with Crippen LogP contribution in [0.25, 0.3) is 0 Å². The molecule has 0 saturated heterocycles. The van der Waals surface area contributed by atoms with Crippen molar-refractivity contribution in [3.63, 3.8) is 0 Å². The number of ketones is 1. The standard InChI is InChI=1S/C18H15ClN2O6S2/c1-9-5-13-14(26-8-25-13)7-11(9)6-12(22)17-15(3-4-28-17)29(23,24)21-18-16(19)10(2)20-27-18/h3-5,7,21H,6,8H2,1-2H3/i2D3,5D,6D2,7D,8D2. The van der Waals surface area contributed by atoms with Crippen molar-refractivity contribution in [2.75, 3.05) is 11.5 Å². The Balaban J connectivity index is 1.75. The maximum absolute atomic E-state index is 13.4. The van der Waals surface area contributed by atoms with Crippen LogP contribution < -0.4 is 14.2 Å². The monoisotopic (exact) mass is 463 g/mol. The first-order valence-corrected chi connectivity index (χ1v) is 10.4. The van der Waals surface area contributed by atoms with Crippen molar-refractivity contribution in [3.05, 3.63) is 50.3 Å². The lowest BCUT2D eigenvalue weighted by molar-refractivity contribution is 0.0994. The molecule has 0 fully saturated rings. The molecule has 152 valence electrons. The van der Waals surface area contributed by atoms with E-state index in [-0.39, 0.29) is 5.56 Å². The molecule has 3 aromatic rings. The van der Waals surface area contributed by atoms with Gasteiger partial charge >= 0.3 is 0 Å². The van der Waals surface area contributed by atoms with Crippen LogP contribution in [0.5, 0.6) is 11.5 Å². The van der Waals surface area contributed by atoms with Gasteiger partial charge in [0.05, 0.1) is 7.62 Å². The van der Waals surface area contributed by atoms with Crippen LogP contribution in [0.2, 0.25) is 5.02 Å². The second-order valence-electron chi connectivity index (χ2n) is 5.54. The highest BCUT2D eigenvalue weighted by molar-refractivity contribution is 7.93. The third-order valence-electron chi connectivity index (χ3n) is 3.63. The molecule has 0 spiro atoms. The van der Waals surface area contributed by atoms with Crippen molar-refractivity contribution in [1.29, 1.82) is 0 Å². The van der Waals surface area contributed by atoms with E-state index in [9.17, 15) is 13.2 Å². The molecule has 1 N–H and O–H groups in total. The number of Topliss-reactive ketones (excluding diaryl/α,β-unsaturated/α-hetero) is 1. The first-order valence-electron chi connectivity index (χ1n) is 12.1. The van der Waals surface area contributed by atoms with Crippen molar-refractivity contribution in [2.45, 2.75) is 25.0 Å². The summed E-state index contributed by atoms with van der Waals surface area (Å²) in [6.45, 7) is -4.31. The summed E-state index contributed by atoms with van der Waals surface area (Å²) in [4.78, 5) is 12.1. The molecule has 0 amide bonds. The van der Waals surface area contributed by atoms with E-state index in [2.05, 4.69) is 5.16 Å². The number of thiophene rings is 1. The van der Waals surface area contributed by atoms with Gasteiger partial charge in [-0.2, -0.15) is 0 Å². The lowest BCUT2D eigenvalue weighted by Crippen LogP contribution is -2.16. The fraction of sp³-hybridized carbons (Fsp3) is 0.222. The molecule has 4 rings (SSSR count). The zero-order valence-electron chi connectivity index (χ0n) is 23.2. The number of nitrogens with zero attached hydrogens (tertiary/aromatic N) is 1. The van der Waals surface area contributed by atoms with Crippen LogP contribution in [0.4, 0.5) is 5.88 Å². The van der Waals surface area contributed by atoms with Crippen molar-refractivity contribution in [2.24, 2.45) is 0 Å². The summed E-state index contributed by atoms with van der Waals surface area (Å²) >= 11 is 6.46. The summed E-state index contributed by atoms with van der Waals surface area (Å²) in [5.41, 5.74) is -1.57. The number of carbonyl (C=O) groups is 1. The van der Waals surface area contributed by atoms with Gasteiger partial charge < -0.3 is 14.0 Å². The van der Waals surface area contributed by atoms with Gasteiger partial charge in [-0.25, -0.2) is 13.1 Å². The molecule has 0 bridgehead atoms. The first-order chi connectivity index (χ1) is 17.3. The van der Waals surface area contributed by atoms with E-state index in [1.54, 1.807) is 0 Å². The van der Waals surface area contributed by atoms with E-state index in [1.165, 1.54) is 12.3 Å². The molecule has 0 saturated carbocycles. The van der Waals surface area contributed by atoms with Crippen LogP contribution >= 0.6 is 22.9 Å². The van der Waals surface area contributed by atoms with Gasteiger partial charge in [0.2, 0.25) is 6.75 Å². The van der Waals surface area contributed by atoms with Crippen LogP contribution in [0.1, 0.15) is 38.8 Å². The molecule has 0 atom stereocenters. The maximum Gasteiger partial charge on any atom is 0.265 e. The Morgan fingerprint density at radius 2 is 2.24 bits per heavy atom. The highest BCUT2D eigenvalue weighted by Crippen LogP contribution is 2.36.